The van der Waals surface area contributed by atoms with Crippen LogP contribution in [0, 0.1) is 0 Å². The van der Waals surface area contributed by atoms with Crippen LogP contribution in [-0.2, 0) is 28.6 Å². The van der Waals surface area contributed by atoms with Gasteiger partial charge in [0.15, 0.2) is 16.1 Å². The van der Waals surface area contributed by atoms with E-state index in [1.165, 1.54) is 13.3 Å². The summed E-state index contributed by atoms with van der Waals surface area (Å²) in [5, 5.41) is 0. The average molecular weight is 304 g/mol. The number of hydrogen-bond acceptors (Lipinski definition) is 2. The molecule has 15 heavy (non-hydrogen) atoms. The third-order valence-corrected chi connectivity index (χ3v) is 0.667. The minimum Gasteiger partial charge on any atom is -0.346 e. The van der Waals surface area contributed by atoms with Crippen molar-refractivity contribution >= 4 is 16.1 Å². The van der Waals surface area contributed by atoms with Crippen LogP contribution in [0.25, 0.3) is 0 Å². The molecule has 1 rings (SSSR count). The fraction of sp³-hybridized carbons (Fsp3) is 0.250. The molecule has 2 unspecified atom stereocenters. The van der Waals surface area contributed by atoms with Gasteiger partial charge < -0.3 is 9.79 Å². The van der Waals surface area contributed by atoms with E-state index in [2.05, 4.69) is 0 Å². The van der Waals surface area contributed by atoms with Crippen LogP contribution in [-0.4, -0.2) is 23.1 Å². The Kier molecular flexibility index (Phi) is 22.9. The maximum Gasteiger partial charge on any atom is 0.186 e. The first-order chi connectivity index (χ1) is 6.46. The summed E-state index contributed by atoms with van der Waals surface area (Å²) in [6.45, 7) is 2.54. The third-order valence-electron chi connectivity index (χ3n) is 0.667. The topological polar surface area (TPSA) is 74.6 Å². The monoisotopic (exact) mass is 302 g/mol. The maximum absolute atomic E-state index is 9.19. The fourth-order valence-corrected chi connectivity index (χ4v) is 0.385. The molecule has 0 heterocycles. The zero-order valence-electron chi connectivity index (χ0n) is 8.88. The Balaban J connectivity index is -0.000000145. The van der Waals surface area contributed by atoms with E-state index >= 15 is 0 Å². The van der Waals surface area contributed by atoms with Gasteiger partial charge in [0, 0.05) is 32.8 Å². The standard InChI is InChI=1S/C6H6.2CH5O2P.Zn/c1-2-4-6-5-3-1;2*1-4(2)3;/h1-6H;2*4H,1H3,(H,2,3);. The van der Waals surface area contributed by atoms with E-state index in [0.717, 1.165) is 0 Å². The molecule has 2 N–H and O–H groups in total. The molecule has 84 valence electrons. The molecule has 0 spiro atoms. The first kappa shape index (κ1) is 20.6. The predicted octanol–water partition coefficient (Wildman–Crippen LogP) is 1.85. The number of rotatable bonds is 0. The minimum absolute atomic E-state index is 0. The average Bonchev–Trinajstić information content (AvgIpc) is 2.05. The largest absolute Gasteiger partial charge is 0.346 e. The van der Waals surface area contributed by atoms with Gasteiger partial charge in [-0.3, -0.25) is 9.13 Å². The molecule has 4 nitrogen and oxygen atoms in total. The fourth-order valence-electron chi connectivity index (χ4n) is 0.385. The molecule has 0 radical (unpaired) electrons. The van der Waals surface area contributed by atoms with Gasteiger partial charge in [-0.15, -0.1) is 0 Å². The van der Waals surface area contributed by atoms with Crippen molar-refractivity contribution in [2.45, 2.75) is 0 Å². The number of benzene rings is 1. The molecule has 0 saturated heterocycles. The summed E-state index contributed by atoms with van der Waals surface area (Å²) >= 11 is 0. The Morgan fingerprint density at radius 3 is 0.867 bits per heavy atom. The minimum atomic E-state index is -2.13. The van der Waals surface area contributed by atoms with Gasteiger partial charge >= 0.3 is 0 Å². The van der Waals surface area contributed by atoms with E-state index < -0.39 is 16.1 Å². The first-order valence-corrected chi connectivity index (χ1v) is 7.57. The van der Waals surface area contributed by atoms with Crippen LogP contribution in [0.5, 0.6) is 0 Å². The van der Waals surface area contributed by atoms with E-state index in [-0.39, 0.29) is 19.5 Å². The van der Waals surface area contributed by atoms with Crippen LogP contribution in [0.4, 0.5) is 0 Å². The molecule has 0 fully saturated rings. The van der Waals surface area contributed by atoms with E-state index in [1.807, 2.05) is 36.4 Å². The summed E-state index contributed by atoms with van der Waals surface area (Å²) < 4.78 is 18.4. The van der Waals surface area contributed by atoms with Crippen molar-refractivity contribution < 1.29 is 38.4 Å². The Bertz CT molecular complexity index is 209. The summed E-state index contributed by atoms with van der Waals surface area (Å²) in [5.41, 5.74) is 0. The Labute approximate surface area is 104 Å². The van der Waals surface area contributed by atoms with Crippen LogP contribution in [0.15, 0.2) is 36.4 Å². The Hall–Kier alpha value is 0.223. The van der Waals surface area contributed by atoms with E-state index in [9.17, 15) is 9.13 Å². The Morgan fingerprint density at radius 2 is 0.800 bits per heavy atom. The number of hydrogen-bond donors (Lipinski definition) is 2. The van der Waals surface area contributed by atoms with Crippen molar-refractivity contribution in [3.8, 4) is 0 Å². The van der Waals surface area contributed by atoms with Gasteiger partial charge in [0.1, 0.15) is 0 Å². The van der Waals surface area contributed by atoms with Gasteiger partial charge in [0.2, 0.25) is 0 Å². The van der Waals surface area contributed by atoms with Gasteiger partial charge in [0.25, 0.3) is 0 Å². The molecule has 0 aromatic heterocycles. The van der Waals surface area contributed by atoms with Gasteiger partial charge in [-0.05, 0) is 0 Å². The quantitative estimate of drug-likeness (QED) is 0.566. The van der Waals surface area contributed by atoms with Crippen LogP contribution in [0.1, 0.15) is 0 Å². The van der Waals surface area contributed by atoms with E-state index in [1.54, 1.807) is 0 Å². The zero-order chi connectivity index (χ0) is 11.4. The van der Waals surface area contributed by atoms with Crippen LogP contribution in [0.3, 0.4) is 0 Å². The molecule has 0 aliphatic carbocycles. The van der Waals surface area contributed by atoms with Crippen LogP contribution < -0.4 is 0 Å². The van der Waals surface area contributed by atoms with Crippen molar-refractivity contribution in [1.82, 2.24) is 0 Å². The molecule has 1 aromatic carbocycles. The summed E-state index contributed by atoms with van der Waals surface area (Å²) in [4.78, 5) is 15.2. The molecule has 0 saturated carbocycles. The van der Waals surface area contributed by atoms with Crippen molar-refractivity contribution in [3.05, 3.63) is 36.4 Å². The van der Waals surface area contributed by atoms with Gasteiger partial charge in [-0.25, -0.2) is 0 Å². The van der Waals surface area contributed by atoms with Gasteiger partial charge in [0.05, 0.1) is 0 Å². The summed E-state index contributed by atoms with van der Waals surface area (Å²) in [6, 6.07) is 12.0. The van der Waals surface area contributed by atoms with Crippen LogP contribution in [0.2, 0.25) is 0 Å². The summed E-state index contributed by atoms with van der Waals surface area (Å²) in [6.07, 6.45) is 0. The Morgan fingerprint density at radius 1 is 0.733 bits per heavy atom. The second-order valence-corrected chi connectivity index (χ2v) is 4.27. The molecule has 0 aliphatic rings. The van der Waals surface area contributed by atoms with E-state index in [4.69, 9.17) is 9.79 Å². The zero-order valence-corrected chi connectivity index (χ0v) is 13.8. The summed E-state index contributed by atoms with van der Waals surface area (Å²) in [5.74, 6) is 0. The molecule has 0 aliphatic heterocycles. The molecule has 2 atom stereocenters. The van der Waals surface area contributed by atoms with Crippen molar-refractivity contribution in [2.75, 3.05) is 13.3 Å². The van der Waals surface area contributed by atoms with Gasteiger partial charge in [-0.2, -0.15) is 0 Å². The molecule has 1 aromatic rings. The van der Waals surface area contributed by atoms with Crippen molar-refractivity contribution in [1.29, 1.82) is 0 Å². The predicted molar refractivity (Wildman–Crippen MR) is 60.7 cm³/mol. The SMILES string of the molecule is C[PH](=O)O.C[PH](=O)O.[Zn].c1ccccc1. The van der Waals surface area contributed by atoms with E-state index in [0.29, 0.717) is 0 Å². The van der Waals surface area contributed by atoms with Gasteiger partial charge in [-0.1, -0.05) is 36.4 Å². The van der Waals surface area contributed by atoms with Crippen molar-refractivity contribution in [3.63, 3.8) is 0 Å². The summed E-state index contributed by atoms with van der Waals surface area (Å²) in [7, 11) is -4.26. The molecular weight excluding hydrogens is 287 g/mol. The second-order valence-electron chi connectivity index (χ2n) is 2.19. The molecular formula is C8H16O4P2Zn. The second kappa shape index (κ2) is 16.6. The normalized spacial score (nSPS) is 11.5. The molecule has 0 bridgehead atoms. The maximum atomic E-state index is 9.19. The molecule has 0 amide bonds. The third kappa shape index (κ3) is 54.9. The first-order valence-electron chi connectivity index (χ1n) is 3.86. The smallest absolute Gasteiger partial charge is 0.186 e. The van der Waals surface area contributed by atoms with Crippen LogP contribution >= 0.6 is 16.1 Å². The molecule has 7 heteroatoms. The van der Waals surface area contributed by atoms with Crippen molar-refractivity contribution in [2.24, 2.45) is 0 Å².